The van der Waals surface area contributed by atoms with Gasteiger partial charge in [-0.1, -0.05) is 13.3 Å². The second kappa shape index (κ2) is 8.59. The van der Waals surface area contributed by atoms with E-state index in [1.807, 2.05) is 26.0 Å². The van der Waals surface area contributed by atoms with Crippen LogP contribution in [0.4, 0.5) is 0 Å². The number of carbonyl (C=O) groups is 1. The van der Waals surface area contributed by atoms with Crippen molar-refractivity contribution in [2.75, 3.05) is 13.2 Å². The molecule has 1 heterocycles. The zero-order valence-corrected chi connectivity index (χ0v) is 14.6. The molecule has 1 unspecified atom stereocenters. The lowest BCUT2D eigenvalue weighted by Gasteiger charge is -2.15. The number of amides is 1. The highest BCUT2D eigenvalue weighted by Crippen LogP contribution is 2.12. The Kier molecular flexibility index (Phi) is 6.49. The molecule has 0 saturated carbocycles. The summed E-state index contributed by atoms with van der Waals surface area (Å²) in [6, 6.07) is 7.32. The average Bonchev–Trinajstić information content (AvgIpc) is 2.91. The standard InChI is InChI=1S/C18H26N4O2/c1-4-5-15(10-11-23)12-19-18(24)16-6-8-17(9-7-16)22-14(3)20-13(2)21-22/h6-9,15,23H,4-5,10-12H2,1-3H3,(H,19,24). The Balaban J connectivity index is 1.99. The highest BCUT2D eigenvalue weighted by atomic mass is 16.3. The van der Waals surface area contributed by atoms with Gasteiger partial charge in [0.05, 0.1) is 5.69 Å². The Hall–Kier alpha value is -2.21. The van der Waals surface area contributed by atoms with Crippen LogP contribution in [-0.4, -0.2) is 38.9 Å². The normalized spacial score (nSPS) is 12.2. The van der Waals surface area contributed by atoms with Crippen molar-refractivity contribution in [2.24, 2.45) is 5.92 Å². The Labute approximate surface area is 142 Å². The van der Waals surface area contributed by atoms with Crippen LogP contribution in [0.2, 0.25) is 0 Å². The van der Waals surface area contributed by atoms with E-state index in [1.54, 1.807) is 16.8 Å². The zero-order chi connectivity index (χ0) is 17.5. The fourth-order valence-electron chi connectivity index (χ4n) is 2.80. The molecule has 0 aliphatic carbocycles. The van der Waals surface area contributed by atoms with Crippen molar-refractivity contribution in [1.82, 2.24) is 20.1 Å². The Morgan fingerprint density at radius 2 is 1.96 bits per heavy atom. The fourth-order valence-corrected chi connectivity index (χ4v) is 2.80. The lowest BCUT2D eigenvalue weighted by atomic mass is 10.00. The summed E-state index contributed by atoms with van der Waals surface area (Å²) in [5.41, 5.74) is 1.50. The summed E-state index contributed by atoms with van der Waals surface area (Å²) in [4.78, 5) is 16.5. The zero-order valence-electron chi connectivity index (χ0n) is 14.6. The molecule has 0 saturated heterocycles. The number of nitrogens with one attached hydrogen (secondary N) is 1. The first-order valence-corrected chi connectivity index (χ1v) is 8.45. The fraction of sp³-hybridized carbons (Fsp3) is 0.500. The molecule has 130 valence electrons. The molecule has 0 radical (unpaired) electrons. The highest BCUT2D eigenvalue weighted by molar-refractivity contribution is 5.94. The van der Waals surface area contributed by atoms with Gasteiger partial charge in [0.2, 0.25) is 0 Å². The van der Waals surface area contributed by atoms with Gasteiger partial charge in [-0.25, -0.2) is 9.67 Å². The number of aromatic nitrogens is 3. The minimum atomic E-state index is -0.0907. The van der Waals surface area contributed by atoms with Gasteiger partial charge in [-0.2, -0.15) is 5.10 Å². The number of carbonyl (C=O) groups excluding carboxylic acids is 1. The third kappa shape index (κ3) is 4.64. The monoisotopic (exact) mass is 330 g/mol. The molecule has 1 atom stereocenters. The van der Waals surface area contributed by atoms with Crippen LogP contribution in [0.3, 0.4) is 0 Å². The number of benzene rings is 1. The van der Waals surface area contributed by atoms with Crippen LogP contribution in [0.1, 0.15) is 48.2 Å². The van der Waals surface area contributed by atoms with Crippen LogP contribution in [0.15, 0.2) is 24.3 Å². The minimum absolute atomic E-state index is 0.0907. The Morgan fingerprint density at radius 3 is 2.50 bits per heavy atom. The number of aliphatic hydroxyl groups excluding tert-OH is 1. The molecule has 6 heteroatoms. The van der Waals surface area contributed by atoms with Gasteiger partial charge < -0.3 is 10.4 Å². The van der Waals surface area contributed by atoms with Gasteiger partial charge in [0, 0.05) is 18.7 Å². The smallest absolute Gasteiger partial charge is 0.251 e. The molecule has 1 aromatic carbocycles. The van der Waals surface area contributed by atoms with Gasteiger partial charge in [0.25, 0.3) is 5.91 Å². The van der Waals surface area contributed by atoms with Crippen LogP contribution < -0.4 is 5.32 Å². The van der Waals surface area contributed by atoms with E-state index < -0.39 is 0 Å². The molecule has 1 amide bonds. The summed E-state index contributed by atoms with van der Waals surface area (Å²) >= 11 is 0. The van der Waals surface area contributed by atoms with E-state index in [1.165, 1.54) is 0 Å². The molecule has 0 spiro atoms. The van der Waals surface area contributed by atoms with Gasteiger partial charge in [0.15, 0.2) is 0 Å². The number of hydrogen-bond acceptors (Lipinski definition) is 4. The average molecular weight is 330 g/mol. The van der Waals surface area contributed by atoms with E-state index in [-0.39, 0.29) is 12.5 Å². The van der Waals surface area contributed by atoms with Crippen molar-refractivity contribution < 1.29 is 9.90 Å². The van der Waals surface area contributed by atoms with Gasteiger partial charge in [-0.3, -0.25) is 4.79 Å². The molecule has 1 aromatic heterocycles. The second-order valence-electron chi connectivity index (χ2n) is 6.04. The first kappa shape index (κ1) is 18.1. The molecule has 24 heavy (non-hydrogen) atoms. The van der Waals surface area contributed by atoms with Gasteiger partial charge >= 0.3 is 0 Å². The summed E-state index contributed by atoms with van der Waals surface area (Å²) < 4.78 is 1.76. The number of aryl methyl sites for hydroxylation is 2. The topological polar surface area (TPSA) is 80.0 Å². The molecule has 0 fully saturated rings. The third-order valence-corrected chi connectivity index (χ3v) is 4.03. The van der Waals surface area contributed by atoms with Gasteiger partial charge in [0.1, 0.15) is 11.6 Å². The molecular weight excluding hydrogens is 304 g/mol. The first-order chi connectivity index (χ1) is 11.5. The van der Waals surface area contributed by atoms with Crippen molar-refractivity contribution >= 4 is 5.91 Å². The van der Waals surface area contributed by atoms with E-state index in [2.05, 4.69) is 22.3 Å². The summed E-state index contributed by atoms with van der Waals surface area (Å²) in [5.74, 6) is 1.77. The first-order valence-electron chi connectivity index (χ1n) is 8.45. The summed E-state index contributed by atoms with van der Waals surface area (Å²) in [7, 11) is 0. The molecule has 2 aromatic rings. The molecule has 2 N–H and O–H groups in total. The molecule has 6 nitrogen and oxygen atoms in total. The number of aliphatic hydroxyl groups is 1. The maximum Gasteiger partial charge on any atom is 0.251 e. The predicted molar refractivity (Wildman–Crippen MR) is 93.3 cm³/mol. The number of rotatable bonds is 8. The van der Waals surface area contributed by atoms with E-state index in [9.17, 15) is 4.79 Å². The predicted octanol–water partition coefficient (Wildman–Crippen LogP) is 2.41. The maximum atomic E-state index is 12.3. The highest BCUT2D eigenvalue weighted by Gasteiger charge is 2.11. The lowest BCUT2D eigenvalue weighted by molar-refractivity contribution is 0.0943. The van der Waals surface area contributed by atoms with Crippen molar-refractivity contribution in [2.45, 2.75) is 40.0 Å². The van der Waals surface area contributed by atoms with E-state index >= 15 is 0 Å². The lowest BCUT2D eigenvalue weighted by Crippen LogP contribution is -2.29. The SMILES string of the molecule is CCCC(CCO)CNC(=O)c1ccc(-n2nc(C)nc2C)cc1. The number of hydrogen-bond donors (Lipinski definition) is 2. The molecule has 2 rings (SSSR count). The van der Waals surface area contributed by atoms with Crippen LogP contribution in [-0.2, 0) is 0 Å². The molecule has 0 aliphatic heterocycles. The molecule has 0 bridgehead atoms. The summed E-state index contributed by atoms with van der Waals surface area (Å²) in [5, 5.41) is 16.4. The second-order valence-corrected chi connectivity index (χ2v) is 6.04. The van der Waals surface area contributed by atoms with Crippen LogP contribution in [0.25, 0.3) is 5.69 Å². The molecule has 0 aliphatic rings. The number of nitrogens with zero attached hydrogens (tertiary/aromatic N) is 3. The van der Waals surface area contributed by atoms with E-state index in [0.29, 0.717) is 18.0 Å². The van der Waals surface area contributed by atoms with Crippen LogP contribution in [0, 0.1) is 19.8 Å². The Bertz CT molecular complexity index is 658. The van der Waals surface area contributed by atoms with Crippen LogP contribution >= 0.6 is 0 Å². The summed E-state index contributed by atoms with van der Waals surface area (Å²) in [6.45, 7) is 6.61. The van der Waals surface area contributed by atoms with Crippen molar-refractivity contribution in [1.29, 1.82) is 0 Å². The van der Waals surface area contributed by atoms with Gasteiger partial charge in [-0.05, 0) is 56.9 Å². The van der Waals surface area contributed by atoms with E-state index in [0.717, 1.165) is 36.6 Å². The van der Waals surface area contributed by atoms with Crippen molar-refractivity contribution in [3.63, 3.8) is 0 Å². The van der Waals surface area contributed by atoms with Crippen molar-refractivity contribution in [3.05, 3.63) is 41.5 Å². The largest absolute Gasteiger partial charge is 0.396 e. The van der Waals surface area contributed by atoms with Gasteiger partial charge in [-0.15, -0.1) is 0 Å². The van der Waals surface area contributed by atoms with Crippen LogP contribution in [0.5, 0.6) is 0 Å². The third-order valence-electron chi connectivity index (χ3n) is 4.03. The Morgan fingerprint density at radius 1 is 1.25 bits per heavy atom. The minimum Gasteiger partial charge on any atom is -0.396 e. The maximum absolute atomic E-state index is 12.3. The quantitative estimate of drug-likeness (QED) is 0.779. The van der Waals surface area contributed by atoms with Crippen molar-refractivity contribution in [3.8, 4) is 5.69 Å². The molecular formula is C18H26N4O2. The summed E-state index contributed by atoms with van der Waals surface area (Å²) in [6.07, 6.45) is 2.77. The van der Waals surface area contributed by atoms with E-state index in [4.69, 9.17) is 5.11 Å².